The predicted octanol–water partition coefficient (Wildman–Crippen LogP) is 5.25. The molecule has 102 valence electrons. The van der Waals surface area contributed by atoms with Crippen LogP contribution < -0.4 is 5.32 Å². The predicted molar refractivity (Wildman–Crippen MR) is 85.2 cm³/mol. The number of halogens is 1. The van der Waals surface area contributed by atoms with Gasteiger partial charge in [-0.3, -0.25) is 0 Å². The van der Waals surface area contributed by atoms with Crippen molar-refractivity contribution >= 4 is 22.9 Å². The van der Waals surface area contributed by atoms with Crippen LogP contribution in [0.5, 0.6) is 0 Å². The van der Waals surface area contributed by atoms with Crippen LogP contribution in [0, 0.1) is 0 Å². The van der Waals surface area contributed by atoms with E-state index in [1.54, 1.807) is 11.3 Å². The number of rotatable bonds is 6. The molecule has 1 heterocycles. The van der Waals surface area contributed by atoms with Gasteiger partial charge in [0.15, 0.2) is 0 Å². The Labute approximate surface area is 124 Å². The summed E-state index contributed by atoms with van der Waals surface area (Å²) in [7, 11) is 0. The number of hydrogen-bond donors (Lipinski definition) is 1. The Morgan fingerprint density at radius 1 is 1.21 bits per heavy atom. The molecule has 3 heteroatoms. The van der Waals surface area contributed by atoms with Crippen LogP contribution in [0.3, 0.4) is 0 Å². The molecule has 2 unspecified atom stereocenters. The molecule has 1 aromatic heterocycles. The van der Waals surface area contributed by atoms with Crippen molar-refractivity contribution in [2.75, 3.05) is 6.54 Å². The van der Waals surface area contributed by atoms with Crippen molar-refractivity contribution in [2.24, 2.45) is 0 Å². The third-order valence-electron chi connectivity index (χ3n) is 3.37. The molecule has 2 aromatic rings. The molecule has 1 nitrogen and oxygen atoms in total. The molecule has 0 amide bonds. The summed E-state index contributed by atoms with van der Waals surface area (Å²) in [4.78, 5) is 1.24. The second-order valence-corrected chi connectivity index (χ2v) is 6.12. The molecule has 1 N–H and O–H groups in total. The molecule has 0 saturated carbocycles. The Morgan fingerprint density at radius 2 is 1.95 bits per heavy atom. The highest BCUT2D eigenvalue weighted by Gasteiger charge is 2.23. The molecule has 0 aliphatic carbocycles. The summed E-state index contributed by atoms with van der Waals surface area (Å²) in [6.45, 7) is 5.46. The maximum Gasteiger partial charge on any atom is 0.0561 e. The minimum atomic E-state index is 0.287. The number of hydrogen-bond acceptors (Lipinski definition) is 2. The van der Waals surface area contributed by atoms with Crippen molar-refractivity contribution in [1.82, 2.24) is 5.32 Å². The number of nitrogens with one attached hydrogen (secondary N) is 1. The first kappa shape index (κ1) is 14.6. The van der Waals surface area contributed by atoms with Crippen LogP contribution in [0.1, 0.15) is 42.7 Å². The van der Waals surface area contributed by atoms with Crippen molar-refractivity contribution in [3.8, 4) is 0 Å². The summed E-state index contributed by atoms with van der Waals surface area (Å²) in [6, 6.07) is 12.9. The van der Waals surface area contributed by atoms with E-state index in [-0.39, 0.29) is 6.04 Å². The van der Waals surface area contributed by atoms with Gasteiger partial charge < -0.3 is 5.32 Å². The van der Waals surface area contributed by atoms with Crippen molar-refractivity contribution in [1.29, 1.82) is 0 Å². The summed E-state index contributed by atoms with van der Waals surface area (Å²) in [5.41, 5.74) is 1.35. The highest BCUT2D eigenvalue weighted by atomic mass is 35.5. The maximum atomic E-state index is 6.32. The summed E-state index contributed by atoms with van der Waals surface area (Å²) < 4.78 is 0. The van der Waals surface area contributed by atoms with Gasteiger partial charge in [-0.05, 0) is 30.0 Å². The van der Waals surface area contributed by atoms with Gasteiger partial charge in [-0.2, -0.15) is 0 Å². The Hall–Kier alpha value is -0.830. The van der Waals surface area contributed by atoms with E-state index in [1.807, 2.05) is 6.07 Å². The molecule has 0 bridgehead atoms. The number of thiophene rings is 1. The van der Waals surface area contributed by atoms with Crippen LogP contribution in [-0.4, -0.2) is 6.54 Å². The quantitative estimate of drug-likeness (QED) is 0.767. The molecule has 19 heavy (non-hydrogen) atoms. The largest absolute Gasteiger partial charge is 0.309 e. The third-order valence-corrected chi connectivity index (χ3v) is 4.81. The van der Waals surface area contributed by atoms with Gasteiger partial charge in [-0.15, -0.1) is 11.3 Å². The van der Waals surface area contributed by atoms with Crippen LogP contribution in [-0.2, 0) is 0 Å². The lowest BCUT2D eigenvalue weighted by molar-refractivity contribution is 0.473. The van der Waals surface area contributed by atoms with Gasteiger partial charge in [0.05, 0.1) is 5.02 Å². The van der Waals surface area contributed by atoms with Gasteiger partial charge in [0, 0.05) is 16.8 Å². The normalized spacial score (nSPS) is 14.3. The lowest BCUT2D eigenvalue weighted by atomic mass is 9.92. The highest BCUT2D eigenvalue weighted by molar-refractivity contribution is 7.10. The standard InChI is InChI=1S/C16H20ClNS/c1-3-10-18-15(16-14(17)9-11-19-16)12(2)13-7-5-4-6-8-13/h4-9,11-12,15,18H,3,10H2,1-2H3. The Kier molecular flexibility index (Phi) is 5.44. The lowest BCUT2D eigenvalue weighted by Crippen LogP contribution is -2.26. The fraction of sp³-hybridized carbons (Fsp3) is 0.375. The first-order valence-electron chi connectivity index (χ1n) is 6.75. The molecular formula is C16H20ClNS. The highest BCUT2D eigenvalue weighted by Crippen LogP contribution is 2.37. The topological polar surface area (TPSA) is 12.0 Å². The van der Waals surface area contributed by atoms with Crippen molar-refractivity contribution in [2.45, 2.75) is 32.2 Å². The Bertz CT molecular complexity index is 494. The van der Waals surface area contributed by atoms with Crippen molar-refractivity contribution < 1.29 is 0 Å². The van der Waals surface area contributed by atoms with E-state index in [0.717, 1.165) is 18.0 Å². The minimum absolute atomic E-state index is 0.287. The molecule has 2 rings (SSSR count). The first-order valence-corrected chi connectivity index (χ1v) is 8.01. The first-order chi connectivity index (χ1) is 9.24. The van der Waals surface area contributed by atoms with Gasteiger partial charge in [-0.25, -0.2) is 0 Å². The second-order valence-electron chi connectivity index (χ2n) is 4.76. The average molecular weight is 294 g/mol. The molecular weight excluding hydrogens is 274 g/mol. The Balaban J connectivity index is 2.25. The molecule has 1 aromatic carbocycles. The summed E-state index contributed by atoms with van der Waals surface area (Å²) in [6.07, 6.45) is 1.13. The van der Waals surface area contributed by atoms with Gasteiger partial charge in [0.1, 0.15) is 0 Å². The summed E-state index contributed by atoms with van der Waals surface area (Å²) >= 11 is 8.05. The van der Waals surface area contributed by atoms with Crippen LogP contribution in [0.2, 0.25) is 5.02 Å². The third kappa shape index (κ3) is 3.59. The van der Waals surface area contributed by atoms with Gasteiger partial charge in [-0.1, -0.05) is 55.8 Å². The van der Waals surface area contributed by atoms with Crippen LogP contribution in [0.15, 0.2) is 41.8 Å². The van der Waals surface area contributed by atoms with Crippen LogP contribution >= 0.6 is 22.9 Å². The molecule has 0 aliphatic rings. The van der Waals surface area contributed by atoms with Gasteiger partial charge in [0.25, 0.3) is 0 Å². The van der Waals surface area contributed by atoms with Gasteiger partial charge in [0.2, 0.25) is 0 Å². The van der Waals surface area contributed by atoms with E-state index in [1.165, 1.54) is 10.4 Å². The monoisotopic (exact) mass is 293 g/mol. The number of benzene rings is 1. The zero-order valence-corrected chi connectivity index (χ0v) is 13.0. The van der Waals surface area contributed by atoms with E-state index < -0.39 is 0 Å². The summed E-state index contributed by atoms with van der Waals surface area (Å²) in [5.74, 6) is 0.406. The minimum Gasteiger partial charge on any atom is -0.309 e. The van der Waals surface area contributed by atoms with Crippen LogP contribution in [0.25, 0.3) is 0 Å². The Morgan fingerprint density at radius 3 is 2.53 bits per heavy atom. The van der Waals surface area contributed by atoms with E-state index in [2.05, 4.69) is 54.9 Å². The summed E-state index contributed by atoms with van der Waals surface area (Å²) in [5, 5.41) is 6.58. The van der Waals surface area contributed by atoms with E-state index in [9.17, 15) is 0 Å². The van der Waals surface area contributed by atoms with E-state index in [4.69, 9.17) is 11.6 Å². The second kappa shape index (κ2) is 7.09. The molecule has 0 saturated heterocycles. The molecule has 0 radical (unpaired) electrons. The fourth-order valence-electron chi connectivity index (χ4n) is 2.27. The van der Waals surface area contributed by atoms with Crippen molar-refractivity contribution in [3.05, 3.63) is 57.2 Å². The van der Waals surface area contributed by atoms with E-state index in [0.29, 0.717) is 5.92 Å². The molecule has 2 atom stereocenters. The average Bonchev–Trinajstić information content (AvgIpc) is 2.86. The van der Waals surface area contributed by atoms with Crippen LogP contribution in [0.4, 0.5) is 0 Å². The maximum absolute atomic E-state index is 6.32. The SMILES string of the molecule is CCCNC(c1sccc1Cl)C(C)c1ccccc1. The lowest BCUT2D eigenvalue weighted by Gasteiger charge is -2.25. The van der Waals surface area contributed by atoms with Gasteiger partial charge >= 0.3 is 0 Å². The smallest absolute Gasteiger partial charge is 0.0561 e. The van der Waals surface area contributed by atoms with Crippen molar-refractivity contribution in [3.63, 3.8) is 0 Å². The zero-order chi connectivity index (χ0) is 13.7. The molecule has 0 aliphatic heterocycles. The molecule has 0 fully saturated rings. The fourth-order valence-corrected chi connectivity index (χ4v) is 3.63. The molecule has 0 spiro atoms. The van der Waals surface area contributed by atoms with E-state index >= 15 is 0 Å². The zero-order valence-electron chi connectivity index (χ0n) is 11.4.